The van der Waals surface area contributed by atoms with E-state index in [0.29, 0.717) is 16.9 Å². The summed E-state index contributed by atoms with van der Waals surface area (Å²) in [5, 5.41) is 1.57. The maximum absolute atomic E-state index is 15.1. The molecule has 0 fully saturated rings. The Bertz CT molecular complexity index is 1880. The molecule has 2 heterocycles. The molecule has 0 radical (unpaired) electrons. The number of hydrogen-bond donors (Lipinski definition) is 1. The van der Waals surface area contributed by atoms with Crippen LogP contribution in [-0.4, -0.2) is 9.97 Å². The van der Waals surface area contributed by atoms with Gasteiger partial charge in [-0.3, -0.25) is 0 Å². The minimum absolute atomic E-state index is 0.333. The van der Waals surface area contributed by atoms with Crippen LogP contribution in [0.15, 0.2) is 118 Å². The normalized spacial score (nSPS) is 11.5. The monoisotopic (exact) mass is 547 g/mol. The number of nitrogens with one attached hydrogen (secondary N) is 1. The molecule has 4 nitrogen and oxygen atoms in total. The van der Waals surface area contributed by atoms with Gasteiger partial charge in [0, 0.05) is 38.2 Å². The molecule has 0 unspecified atom stereocenters. The van der Waals surface area contributed by atoms with Gasteiger partial charge < -0.3 is 14.3 Å². The first kappa shape index (κ1) is 21.8. The van der Waals surface area contributed by atoms with Crippen LogP contribution in [0, 0.1) is 5.82 Å². The zero-order valence-corrected chi connectivity index (χ0v) is 21.0. The number of H-pyrrole nitrogens is 1. The second-order valence-corrected chi connectivity index (χ2v) is 9.69. The molecule has 0 aliphatic heterocycles. The predicted octanol–water partition coefficient (Wildman–Crippen LogP) is 9.50. The van der Waals surface area contributed by atoms with Crippen molar-refractivity contribution in [2.45, 2.75) is 0 Å². The van der Waals surface area contributed by atoms with Crippen LogP contribution in [0.25, 0.3) is 44.4 Å². The minimum Gasteiger partial charge on any atom is -0.454 e. The lowest BCUT2D eigenvalue weighted by Gasteiger charge is -2.25. The second-order valence-electron chi connectivity index (χ2n) is 8.84. The molecule has 0 atom stereocenters. The molecule has 7 rings (SSSR count). The highest BCUT2D eigenvalue weighted by Crippen LogP contribution is 2.44. The van der Waals surface area contributed by atoms with Crippen LogP contribution in [0.3, 0.4) is 0 Å². The smallest absolute Gasteiger partial charge is 0.159 e. The van der Waals surface area contributed by atoms with E-state index >= 15 is 4.39 Å². The molecule has 7 aromatic rings. The summed E-state index contributed by atoms with van der Waals surface area (Å²) < 4.78 is 22.3. The van der Waals surface area contributed by atoms with Crippen LogP contribution in [0.1, 0.15) is 0 Å². The topological polar surface area (TPSA) is 45.1 Å². The SMILES string of the molecule is Fc1cc(N(c2ccccc2)c2ccc(-c3nc4ccccc4[nH]3)cc2)c2oc3cccc(Br)c3c2c1. The van der Waals surface area contributed by atoms with Gasteiger partial charge in [0.15, 0.2) is 5.58 Å². The Balaban J connectivity index is 1.41. The van der Waals surface area contributed by atoms with E-state index in [0.717, 1.165) is 49.0 Å². The van der Waals surface area contributed by atoms with E-state index < -0.39 is 0 Å². The van der Waals surface area contributed by atoms with Crippen LogP contribution >= 0.6 is 15.9 Å². The van der Waals surface area contributed by atoms with Crippen molar-refractivity contribution in [1.29, 1.82) is 0 Å². The number of nitrogens with zero attached hydrogens (tertiary/aromatic N) is 2. The fourth-order valence-electron chi connectivity index (χ4n) is 4.86. The summed E-state index contributed by atoms with van der Waals surface area (Å²) in [5.74, 6) is 0.468. The lowest BCUT2D eigenvalue weighted by atomic mass is 10.1. The van der Waals surface area contributed by atoms with Gasteiger partial charge in [0.1, 0.15) is 17.2 Å². The number of halogens is 2. The number of anilines is 3. The molecule has 0 saturated heterocycles. The molecule has 0 bridgehead atoms. The summed E-state index contributed by atoms with van der Waals surface area (Å²) in [5.41, 5.74) is 6.59. The zero-order valence-electron chi connectivity index (χ0n) is 19.5. The maximum atomic E-state index is 15.1. The minimum atomic E-state index is -0.333. The first-order valence-electron chi connectivity index (χ1n) is 11.9. The van der Waals surface area contributed by atoms with Gasteiger partial charge >= 0.3 is 0 Å². The van der Waals surface area contributed by atoms with Crippen molar-refractivity contribution in [3.05, 3.63) is 119 Å². The molecule has 2 aromatic heterocycles. The van der Waals surface area contributed by atoms with Gasteiger partial charge in [-0.15, -0.1) is 0 Å². The van der Waals surface area contributed by atoms with Crippen molar-refractivity contribution in [3.63, 3.8) is 0 Å². The predicted molar refractivity (Wildman–Crippen MR) is 151 cm³/mol. The fraction of sp³-hybridized carbons (Fsp3) is 0. The lowest BCUT2D eigenvalue weighted by Crippen LogP contribution is -2.10. The van der Waals surface area contributed by atoms with Crippen molar-refractivity contribution in [1.82, 2.24) is 9.97 Å². The molecule has 37 heavy (non-hydrogen) atoms. The van der Waals surface area contributed by atoms with Gasteiger partial charge in [-0.05, 0) is 66.7 Å². The van der Waals surface area contributed by atoms with Crippen molar-refractivity contribution < 1.29 is 8.81 Å². The summed E-state index contributed by atoms with van der Waals surface area (Å²) in [7, 11) is 0. The number of aromatic amines is 1. The third-order valence-corrected chi connectivity index (χ3v) is 7.20. The van der Waals surface area contributed by atoms with E-state index in [-0.39, 0.29) is 5.82 Å². The summed E-state index contributed by atoms with van der Waals surface area (Å²) >= 11 is 3.61. The van der Waals surface area contributed by atoms with Gasteiger partial charge in [-0.25, -0.2) is 9.37 Å². The van der Waals surface area contributed by atoms with Crippen LogP contribution in [0.2, 0.25) is 0 Å². The summed E-state index contributed by atoms with van der Waals surface area (Å²) in [4.78, 5) is 10.1. The van der Waals surface area contributed by atoms with Crippen molar-refractivity contribution in [3.8, 4) is 11.4 Å². The Kier molecular flexibility index (Phi) is 5.08. The lowest BCUT2D eigenvalue weighted by molar-refractivity contribution is 0.626. The summed E-state index contributed by atoms with van der Waals surface area (Å²) in [6, 6.07) is 34.8. The molecule has 1 N–H and O–H groups in total. The first-order chi connectivity index (χ1) is 18.2. The summed E-state index contributed by atoms with van der Waals surface area (Å²) in [6.07, 6.45) is 0. The first-order valence-corrected chi connectivity index (χ1v) is 12.7. The van der Waals surface area contributed by atoms with Crippen LogP contribution < -0.4 is 4.90 Å². The summed E-state index contributed by atoms with van der Waals surface area (Å²) in [6.45, 7) is 0. The fourth-order valence-corrected chi connectivity index (χ4v) is 5.42. The van der Waals surface area contributed by atoms with E-state index in [1.807, 2.05) is 102 Å². The average molecular weight is 548 g/mol. The van der Waals surface area contributed by atoms with Crippen LogP contribution in [0.4, 0.5) is 21.5 Å². The maximum Gasteiger partial charge on any atom is 0.159 e. The molecule has 5 aromatic carbocycles. The third kappa shape index (κ3) is 3.69. The quantitative estimate of drug-likeness (QED) is 0.238. The second kappa shape index (κ2) is 8.61. The molecular formula is C31H19BrFN3O. The standard InChI is InChI=1S/C31H19BrFN3O/c32-24-9-6-12-28-29(24)23-17-20(33)18-27(30(23)37-28)36(21-7-2-1-3-8-21)22-15-13-19(14-16-22)31-34-25-10-4-5-11-26(25)35-31/h1-18H,(H,34,35). The number of benzene rings is 5. The number of para-hydroxylation sites is 3. The molecule has 0 spiro atoms. The number of rotatable bonds is 4. The zero-order chi connectivity index (χ0) is 24.9. The molecule has 0 saturated carbocycles. The molecule has 0 amide bonds. The van der Waals surface area contributed by atoms with E-state index in [4.69, 9.17) is 9.40 Å². The molecule has 0 aliphatic carbocycles. The molecular weight excluding hydrogens is 529 g/mol. The Morgan fingerprint density at radius 1 is 0.784 bits per heavy atom. The van der Waals surface area contributed by atoms with Crippen LogP contribution in [0.5, 0.6) is 0 Å². The number of imidazole rings is 1. The van der Waals surface area contributed by atoms with E-state index in [2.05, 4.69) is 20.9 Å². The van der Waals surface area contributed by atoms with E-state index in [9.17, 15) is 0 Å². The Morgan fingerprint density at radius 3 is 2.35 bits per heavy atom. The number of fused-ring (bicyclic) bond motifs is 4. The van der Waals surface area contributed by atoms with Crippen molar-refractivity contribution in [2.24, 2.45) is 0 Å². The Morgan fingerprint density at radius 2 is 1.54 bits per heavy atom. The highest BCUT2D eigenvalue weighted by Gasteiger charge is 2.21. The van der Waals surface area contributed by atoms with E-state index in [1.54, 1.807) is 0 Å². The van der Waals surface area contributed by atoms with Crippen molar-refractivity contribution >= 4 is 66.0 Å². The molecule has 6 heteroatoms. The van der Waals surface area contributed by atoms with Crippen molar-refractivity contribution in [2.75, 3.05) is 4.90 Å². The highest BCUT2D eigenvalue weighted by atomic mass is 79.9. The third-order valence-electron chi connectivity index (χ3n) is 6.53. The van der Waals surface area contributed by atoms with E-state index in [1.165, 1.54) is 12.1 Å². The number of furan rings is 1. The average Bonchev–Trinajstić information content (AvgIpc) is 3.52. The van der Waals surface area contributed by atoms with Gasteiger partial charge in [0.2, 0.25) is 0 Å². The van der Waals surface area contributed by atoms with Gasteiger partial charge in [0.05, 0.1) is 16.7 Å². The largest absolute Gasteiger partial charge is 0.454 e. The number of aromatic nitrogens is 2. The molecule has 0 aliphatic rings. The molecule has 178 valence electrons. The Hall–Kier alpha value is -4.42. The van der Waals surface area contributed by atoms with Gasteiger partial charge in [-0.2, -0.15) is 0 Å². The van der Waals surface area contributed by atoms with Gasteiger partial charge in [-0.1, -0.05) is 52.3 Å². The highest BCUT2D eigenvalue weighted by molar-refractivity contribution is 9.10. The van der Waals surface area contributed by atoms with Crippen LogP contribution in [-0.2, 0) is 0 Å². The Labute approximate surface area is 220 Å². The number of hydrogen-bond acceptors (Lipinski definition) is 3. The van der Waals surface area contributed by atoms with Gasteiger partial charge in [0.25, 0.3) is 0 Å².